The van der Waals surface area contributed by atoms with E-state index in [2.05, 4.69) is 15.2 Å². The van der Waals surface area contributed by atoms with Crippen LogP contribution in [0.25, 0.3) is 0 Å². The summed E-state index contributed by atoms with van der Waals surface area (Å²) in [5, 5.41) is 3.39. The number of esters is 1. The van der Waals surface area contributed by atoms with Crippen LogP contribution in [0.5, 0.6) is 0 Å². The Morgan fingerprint density at radius 2 is 1.94 bits per heavy atom. The number of ether oxygens (including phenoxy) is 2. The van der Waals surface area contributed by atoms with E-state index in [1.54, 1.807) is 13.1 Å². The Kier molecular flexibility index (Phi) is 9.62. The molecule has 2 fully saturated rings. The summed E-state index contributed by atoms with van der Waals surface area (Å²) >= 11 is 0. The number of halogens is 4. The van der Waals surface area contributed by atoms with Gasteiger partial charge in [0.2, 0.25) is 0 Å². The fourth-order valence-electron chi connectivity index (χ4n) is 4.43. The lowest BCUT2D eigenvalue weighted by atomic mass is 9.73. The molecule has 0 atom stereocenters. The van der Waals surface area contributed by atoms with Gasteiger partial charge in [0.25, 0.3) is 0 Å². The van der Waals surface area contributed by atoms with Crippen molar-refractivity contribution in [2.45, 2.75) is 37.3 Å². The summed E-state index contributed by atoms with van der Waals surface area (Å²) in [5.74, 6) is 0.403. The molecule has 0 amide bonds. The molecular formula is C22H31F3IN3O3. The Bertz CT molecular complexity index is 790. The molecule has 3 rings (SSSR count). The summed E-state index contributed by atoms with van der Waals surface area (Å²) in [7, 11) is 3.09. The van der Waals surface area contributed by atoms with Crippen LogP contribution in [0, 0.1) is 5.92 Å². The minimum absolute atomic E-state index is 0. The maximum absolute atomic E-state index is 13.3. The standard InChI is InChI=1S/C22H30F3N3O3.HI/c1-26-20(28-10-6-16(7-11-28)19(29)30-2)27-15-21(8-12-31-13-9-21)17-4-3-5-18(14-17)22(23,24)25;/h3-5,14,16H,6-13,15H2,1-2H3,(H,26,27);1H. The van der Waals surface area contributed by atoms with Crippen LogP contribution >= 0.6 is 24.0 Å². The lowest BCUT2D eigenvalue weighted by Gasteiger charge is -2.40. The van der Waals surface area contributed by atoms with Gasteiger partial charge in [0.15, 0.2) is 5.96 Å². The lowest BCUT2D eigenvalue weighted by molar-refractivity contribution is -0.146. The molecule has 0 radical (unpaired) electrons. The molecule has 32 heavy (non-hydrogen) atoms. The van der Waals surface area contributed by atoms with Crippen molar-refractivity contribution in [1.82, 2.24) is 10.2 Å². The Balaban J connectivity index is 0.00000363. The van der Waals surface area contributed by atoms with Gasteiger partial charge >= 0.3 is 12.1 Å². The number of aliphatic imine (C=N–C) groups is 1. The zero-order valence-corrected chi connectivity index (χ0v) is 20.7. The first kappa shape index (κ1) is 26.7. The van der Waals surface area contributed by atoms with Crippen molar-refractivity contribution in [2.75, 3.05) is 47.0 Å². The first-order valence-corrected chi connectivity index (χ1v) is 10.6. The van der Waals surface area contributed by atoms with Crippen LogP contribution in [0.2, 0.25) is 0 Å². The van der Waals surface area contributed by atoms with Crippen molar-refractivity contribution in [3.8, 4) is 0 Å². The molecule has 2 saturated heterocycles. The molecule has 0 aliphatic carbocycles. The first-order chi connectivity index (χ1) is 14.8. The number of piperidine rings is 1. The summed E-state index contributed by atoms with van der Waals surface area (Å²) in [6.45, 7) is 2.79. The maximum Gasteiger partial charge on any atom is 0.416 e. The second-order valence-corrected chi connectivity index (χ2v) is 8.16. The lowest BCUT2D eigenvalue weighted by Crippen LogP contribution is -2.51. The Hall–Kier alpha value is -1.56. The molecule has 0 bridgehead atoms. The van der Waals surface area contributed by atoms with Gasteiger partial charge in [-0.3, -0.25) is 9.79 Å². The molecule has 1 aromatic carbocycles. The number of benzene rings is 1. The SMILES string of the molecule is CN=C(NCC1(c2cccc(C(F)(F)F)c2)CCOCC1)N1CCC(C(=O)OC)CC1.I. The van der Waals surface area contributed by atoms with Crippen LogP contribution in [-0.4, -0.2) is 63.8 Å². The van der Waals surface area contributed by atoms with Gasteiger partial charge in [-0.2, -0.15) is 13.2 Å². The van der Waals surface area contributed by atoms with Crippen molar-refractivity contribution < 1.29 is 27.4 Å². The number of alkyl halides is 3. The molecule has 2 aliphatic heterocycles. The first-order valence-electron chi connectivity index (χ1n) is 10.6. The van der Waals surface area contributed by atoms with E-state index in [0.29, 0.717) is 70.1 Å². The average Bonchev–Trinajstić information content (AvgIpc) is 2.79. The Morgan fingerprint density at radius 3 is 2.50 bits per heavy atom. The van der Waals surface area contributed by atoms with Gasteiger partial charge < -0.3 is 19.7 Å². The second-order valence-electron chi connectivity index (χ2n) is 8.16. The highest BCUT2D eigenvalue weighted by atomic mass is 127. The van der Waals surface area contributed by atoms with E-state index >= 15 is 0 Å². The number of guanidine groups is 1. The molecule has 6 nitrogen and oxygen atoms in total. The van der Waals surface area contributed by atoms with Crippen LogP contribution in [0.4, 0.5) is 13.2 Å². The number of likely N-dealkylation sites (tertiary alicyclic amines) is 1. The van der Waals surface area contributed by atoms with Crippen LogP contribution in [0.3, 0.4) is 0 Å². The zero-order chi connectivity index (χ0) is 22.5. The van der Waals surface area contributed by atoms with Crippen molar-refractivity contribution in [3.63, 3.8) is 0 Å². The van der Waals surface area contributed by atoms with Crippen molar-refractivity contribution >= 4 is 35.9 Å². The molecule has 2 heterocycles. The van der Waals surface area contributed by atoms with Crippen molar-refractivity contribution in [1.29, 1.82) is 0 Å². The average molecular weight is 569 g/mol. The topological polar surface area (TPSA) is 63.2 Å². The molecule has 180 valence electrons. The number of nitrogens with zero attached hydrogens (tertiary/aromatic N) is 2. The Labute approximate surface area is 203 Å². The Morgan fingerprint density at radius 1 is 1.28 bits per heavy atom. The van der Waals surface area contributed by atoms with Gasteiger partial charge in [0.1, 0.15) is 0 Å². The van der Waals surface area contributed by atoms with Gasteiger partial charge in [-0.1, -0.05) is 18.2 Å². The number of carbonyl (C=O) groups excluding carboxylic acids is 1. The van der Waals surface area contributed by atoms with Gasteiger partial charge in [0.05, 0.1) is 18.6 Å². The molecule has 0 spiro atoms. The molecule has 0 unspecified atom stereocenters. The number of rotatable bonds is 4. The molecule has 0 saturated carbocycles. The third-order valence-electron chi connectivity index (χ3n) is 6.38. The van der Waals surface area contributed by atoms with E-state index in [1.165, 1.54) is 19.2 Å². The highest BCUT2D eigenvalue weighted by Gasteiger charge is 2.38. The maximum atomic E-state index is 13.3. The van der Waals surface area contributed by atoms with Gasteiger partial charge in [0, 0.05) is 45.3 Å². The number of hydrogen-bond donors (Lipinski definition) is 1. The van der Waals surface area contributed by atoms with E-state index in [0.717, 1.165) is 6.07 Å². The van der Waals surface area contributed by atoms with E-state index in [9.17, 15) is 18.0 Å². The molecule has 1 N–H and O–H groups in total. The van der Waals surface area contributed by atoms with Crippen LogP contribution in [0.15, 0.2) is 29.3 Å². The molecular weight excluding hydrogens is 538 g/mol. The minimum atomic E-state index is -4.38. The highest BCUT2D eigenvalue weighted by Crippen LogP contribution is 2.38. The predicted molar refractivity (Wildman–Crippen MR) is 126 cm³/mol. The highest BCUT2D eigenvalue weighted by molar-refractivity contribution is 14.0. The third-order valence-corrected chi connectivity index (χ3v) is 6.38. The smallest absolute Gasteiger partial charge is 0.416 e. The summed E-state index contributed by atoms with van der Waals surface area (Å²) in [4.78, 5) is 18.2. The molecule has 0 aromatic heterocycles. The summed E-state index contributed by atoms with van der Waals surface area (Å²) in [5.41, 5.74) is -0.442. The largest absolute Gasteiger partial charge is 0.469 e. The molecule has 10 heteroatoms. The van der Waals surface area contributed by atoms with E-state index in [1.807, 2.05) is 0 Å². The fraction of sp³-hybridized carbons (Fsp3) is 0.636. The van der Waals surface area contributed by atoms with Gasteiger partial charge in [-0.15, -0.1) is 24.0 Å². The fourth-order valence-corrected chi connectivity index (χ4v) is 4.43. The number of nitrogens with one attached hydrogen (secondary N) is 1. The quantitative estimate of drug-likeness (QED) is 0.259. The van der Waals surface area contributed by atoms with Crippen LogP contribution < -0.4 is 5.32 Å². The van der Waals surface area contributed by atoms with E-state index < -0.39 is 17.2 Å². The van der Waals surface area contributed by atoms with Crippen molar-refractivity contribution in [2.24, 2.45) is 10.9 Å². The number of carbonyl (C=O) groups is 1. The van der Waals surface area contributed by atoms with Gasteiger partial charge in [-0.25, -0.2) is 0 Å². The van der Waals surface area contributed by atoms with Crippen LogP contribution in [-0.2, 0) is 25.9 Å². The number of methoxy groups -OCH3 is 1. The van der Waals surface area contributed by atoms with E-state index in [-0.39, 0.29) is 35.9 Å². The predicted octanol–water partition coefficient (Wildman–Crippen LogP) is 3.83. The monoisotopic (exact) mass is 569 g/mol. The third kappa shape index (κ3) is 6.27. The van der Waals surface area contributed by atoms with Crippen LogP contribution in [0.1, 0.15) is 36.8 Å². The van der Waals surface area contributed by atoms with Crippen molar-refractivity contribution in [3.05, 3.63) is 35.4 Å². The number of hydrogen-bond acceptors (Lipinski definition) is 4. The summed E-state index contributed by atoms with van der Waals surface area (Å²) in [6, 6.07) is 5.61. The van der Waals surface area contributed by atoms with Gasteiger partial charge in [-0.05, 0) is 37.3 Å². The summed E-state index contributed by atoms with van der Waals surface area (Å²) in [6.07, 6.45) is -1.76. The normalized spacial score (nSPS) is 19.8. The molecule has 2 aliphatic rings. The molecule has 1 aromatic rings. The summed E-state index contributed by atoms with van der Waals surface area (Å²) < 4.78 is 50.2. The van der Waals surface area contributed by atoms with E-state index in [4.69, 9.17) is 9.47 Å². The minimum Gasteiger partial charge on any atom is -0.469 e. The zero-order valence-electron chi connectivity index (χ0n) is 18.4. The second kappa shape index (κ2) is 11.5.